The number of halogens is 1. The van der Waals surface area contributed by atoms with Gasteiger partial charge in [-0.3, -0.25) is 9.79 Å². The molecule has 122 valence electrons. The van der Waals surface area contributed by atoms with E-state index in [1.54, 1.807) is 19.2 Å². The second-order valence-electron chi connectivity index (χ2n) is 5.40. The van der Waals surface area contributed by atoms with Gasteiger partial charge in [0, 0.05) is 39.6 Å². The van der Waals surface area contributed by atoms with Crippen molar-refractivity contribution in [3.05, 3.63) is 35.6 Å². The Bertz CT molecular complexity index is 499. The first-order valence-corrected chi connectivity index (χ1v) is 7.38. The van der Waals surface area contributed by atoms with Crippen molar-refractivity contribution in [2.45, 2.75) is 20.4 Å². The van der Waals surface area contributed by atoms with E-state index in [0.717, 1.165) is 11.5 Å². The van der Waals surface area contributed by atoms with Crippen molar-refractivity contribution in [1.82, 2.24) is 15.5 Å². The molecule has 0 heterocycles. The van der Waals surface area contributed by atoms with Gasteiger partial charge in [0.1, 0.15) is 5.82 Å². The minimum atomic E-state index is -0.241. The molecule has 22 heavy (non-hydrogen) atoms. The smallest absolute Gasteiger partial charge is 0.222 e. The maximum absolute atomic E-state index is 12.9. The molecule has 1 aromatic rings. The maximum Gasteiger partial charge on any atom is 0.222 e. The molecule has 1 amide bonds. The van der Waals surface area contributed by atoms with Crippen LogP contribution in [0.3, 0.4) is 0 Å². The third kappa shape index (κ3) is 6.11. The van der Waals surface area contributed by atoms with Crippen LogP contribution in [0.1, 0.15) is 19.4 Å². The van der Waals surface area contributed by atoms with E-state index in [4.69, 9.17) is 0 Å². The highest BCUT2D eigenvalue weighted by atomic mass is 19.1. The third-order valence-electron chi connectivity index (χ3n) is 3.14. The molecule has 5 nitrogen and oxygen atoms in total. The van der Waals surface area contributed by atoms with E-state index < -0.39 is 0 Å². The van der Waals surface area contributed by atoms with Gasteiger partial charge in [-0.15, -0.1) is 0 Å². The van der Waals surface area contributed by atoms with Gasteiger partial charge in [0.05, 0.1) is 0 Å². The molecule has 0 aliphatic rings. The summed E-state index contributed by atoms with van der Waals surface area (Å²) in [5, 5.41) is 6.02. The highest BCUT2D eigenvalue weighted by molar-refractivity contribution is 5.80. The fourth-order valence-corrected chi connectivity index (χ4v) is 1.89. The number of rotatable bonds is 6. The van der Waals surface area contributed by atoms with Crippen LogP contribution in [0.15, 0.2) is 29.3 Å². The number of nitrogens with one attached hydrogen (secondary N) is 2. The molecule has 0 saturated carbocycles. The highest BCUT2D eigenvalue weighted by Gasteiger charge is 2.08. The summed E-state index contributed by atoms with van der Waals surface area (Å²) in [5.41, 5.74) is 1.000. The topological polar surface area (TPSA) is 56.7 Å². The number of benzene rings is 1. The second-order valence-corrected chi connectivity index (χ2v) is 5.40. The lowest BCUT2D eigenvalue weighted by Gasteiger charge is -2.22. The molecule has 0 fully saturated rings. The molecule has 0 radical (unpaired) electrons. The molecule has 0 unspecified atom stereocenters. The van der Waals surface area contributed by atoms with Crippen molar-refractivity contribution in [3.8, 4) is 0 Å². The van der Waals surface area contributed by atoms with Gasteiger partial charge in [-0.1, -0.05) is 26.0 Å². The summed E-state index contributed by atoms with van der Waals surface area (Å²) in [6.07, 6.45) is 0. The highest BCUT2D eigenvalue weighted by Crippen LogP contribution is 2.05. The summed E-state index contributed by atoms with van der Waals surface area (Å²) in [7, 11) is 3.61. The van der Waals surface area contributed by atoms with Crippen LogP contribution < -0.4 is 10.6 Å². The van der Waals surface area contributed by atoms with E-state index in [1.165, 1.54) is 12.1 Å². The first-order valence-electron chi connectivity index (χ1n) is 7.38. The summed E-state index contributed by atoms with van der Waals surface area (Å²) in [5.74, 6) is 0.509. The van der Waals surface area contributed by atoms with Crippen LogP contribution in [0.2, 0.25) is 0 Å². The number of hydrogen-bond acceptors (Lipinski definition) is 2. The van der Waals surface area contributed by atoms with Crippen LogP contribution in [0, 0.1) is 11.7 Å². The molecule has 1 aromatic carbocycles. The molecule has 1 rings (SSSR count). The van der Waals surface area contributed by atoms with Gasteiger partial charge in [0.2, 0.25) is 5.91 Å². The number of hydrogen-bond donors (Lipinski definition) is 2. The van der Waals surface area contributed by atoms with Gasteiger partial charge in [0.25, 0.3) is 0 Å². The molecule has 0 aliphatic heterocycles. The van der Waals surface area contributed by atoms with Crippen molar-refractivity contribution < 1.29 is 9.18 Å². The Balaban J connectivity index is 2.40. The van der Waals surface area contributed by atoms with E-state index in [0.29, 0.717) is 19.6 Å². The lowest BCUT2D eigenvalue weighted by Crippen LogP contribution is -2.42. The van der Waals surface area contributed by atoms with Crippen molar-refractivity contribution in [3.63, 3.8) is 0 Å². The molecular formula is C16H25FN4O. The summed E-state index contributed by atoms with van der Waals surface area (Å²) in [4.78, 5) is 17.6. The lowest BCUT2D eigenvalue weighted by atomic mass is 10.2. The molecule has 0 aromatic heterocycles. The second kappa shape index (κ2) is 9.02. The first-order chi connectivity index (χ1) is 10.4. The summed E-state index contributed by atoms with van der Waals surface area (Å²) in [6, 6.07) is 6.39. The fraction of sp³-hybridized carbons (Fsp3) is 0.500. The molecule has 2 N–H and O–H groups in total. The van der Waals surface area contributed by atoms with Crippen LogP contribution in [0.5, 0.6) is 0 Å². The quantitative estimate of drug-likeness (QED) is 0.477. The average molecular weight is 308 g/mol. The molecule has 0 spiro atoms. The zero-order valence-electron chi connectivity index (χ0n) is 13.7. The molecule has 0 bridgehead atoms. The Morgan fingerprint density at radius 1 is 1.23 bits per heavy atom. The summed E-state index contributed by atoms with van der Waals surface area (Å²) >= 11 is 0. The normalized spacial score (nSPS) is 11.5. The van der Waals surface area contributed by atoms with E-state index >= 15 is 0 Å². The Morgan fingerprint density at radius 3 is 2.36 bits per heavy atom. The Kier molecular flexibility index (Phi) is 7.36. The average Bonchev–Trinajstić information content (AvgIpc) is 2.49. The molecule has 0 atom stereocenters. The Labute approximate surface area is 131 Å². The SMILES string of the molecule is CN=C(NCCNC(=O)C(C)C)N(C)Cc1ccc(F)cc1. The zero-order valence-corrected chi connectivity index (χ0v) is 13.7. The molecular weight excluding hydrogens is 283 g/mol. The maximum atomic E-state index is 12.9. The zero-order chi connectivity index (χ0) is 16.5. The number of guanidine groups is 1. The number of carbonyl (C=O) groups excluding carboxylic acids is 1. The van der Waals surface area contributed by atoms with E-state index in [9.17, 15) is 9.18 Å². The Hall–Kier alpha value is -2.11. The van der Waals surface area contributed by atoms with Crippen LogP contribution in [0.25, 0.3) is 0 Å². The standard InChI is InChI=1S/C16H25FN4O/c1-12(2)15(22)19-9-10-20-16(18-3)21(4)11-13-5-7-14(17)8-6-13/h5-8,12H,9-11H2,1-4H3,(H,18,20)(H,19,22). The summed E-state index contributed by atoms with van der Waals surface area (Å²) < 4.78 is 12.9. The van der Waals surface area contributed by atoms with E-state index in [-0.39, 0.29) is 17.6 Å². The third-order valence-corrected chi connectivity index (χ3v) is 3.14. The van der Waals surface area contributed by atoms with Gasteiger partial charge in [-0.25, -0.2) is 4.39 Å². The van der Waals surface area contributed by atoms with Crippen LogP contribution in [0.4, 0.5) is 4.39 Å². The van der Waals surface area contributed by atoms with Gasteiger partial charge in [-0.05, 0) is 17.7 Å². The Morgan fingerprint density at radius 2 is 1.82 bits per heavy atom. The van der Waals surface area contributed by atoms with Crippen molar-refractivity contribution >= 4 is 11.9 Å². The minimum Gasteiger partial charge on any atom is -0.354 e. The van der Waals surface area contributed by atoms with Crippen molar-refractivity contribution in [2.75, 3.05) is 27.2 Å². The predicted octanol–water partition coefficient (Wildman–Crippen LogP) is 1.61. The van der Waals surface area contributed by atoms with Crippen LogP contribution in [-0.4, -0.2) is 44.0 Å². The molecule has 6 heteroatoms. The largest absolute Gasteiger partial charge is 0.354 e. The number of amides is 1. The van der Waals surface area contributed by atoms with Gasteiger partial charge in [0.15, 0.2) is 5.96 Å². The van der Waals surface area contributed by atoms with Crippen LogP contribution in [-0.2, 0) is 11.3 Å². The lowest BCUT2D eigenvalue weighted by molar-refractivity contribution is -0.123. The van der Waals surface area contributed by atoms with Gasteiger partial charge in [-0.2, -0.15) is 0 Å². The van der Waals surface area contributed by atoms with Crippen molar-refractivity contribution in [2.24, 2.45) is 10.9 Å². The van der Waals surface area contributed by atoms with Gasteiger partial charge >= 0.3 is 0 Å². The summed E-state index contributed by atoms with van der Waals surface area (Å²) in [6.45, 7) is 5.48. The van der Waals surface area contributed by atoms with Crippen LogP contribution >= 0.6 is 0 Å². The van der Waals surface area contributed by atoms with Gasteiger partial charge < -0.3 is 15.5 Å². The minimum absolute atomic E-state index is 0.0135. The fourth-order valence-electron chi connectivity index (χ4n) is 1.89. The van der Waals surface area contributed by atoms with Crippen molar-refractivity contribution in [1.29, 1.82) is 0 Å². The van der Waals surface area contributed by atoms with E-state index in [1.807, 2.05) is 25.8 Å². The number of carbonyl (C=O) groups is 1. The number of aliphatic imine (C=N–C) groups is 1. The van der Waals surface area contributed by atoms with E-state index in [2.05, 4.69) is 15.6 Å². The first kappa shape index (κ1) is 17.9. The number of nitrogens with zero attached hydrogens (tertiary/aromatic N) is 2. The monoisotopic (exact) mass is 308 g/mol. The molecule has 0 saturated heterocycles. The molecule has 0 aliphatic carbocycles. The predicted molar refractivity (Wildman–Crippen MR) is 87.1 cm³/mol.